The minimum atomic E-state index is -0.879. The Bertz CT molecular complexity index is 616. The SMILES string of the molecule is O=C(/C=C/c1cccnc1)N[CH2][Na].O=C(O)c1ccccc1. The number of hydrogen-bond acceptors (Lipinski definition) is 3. The average molecular weight is 306 g/mol. The van der Waals surface area contributed by atoms with Crippen LogP contribution in [0.5, 0.6) is 0 Å². The van der Waals surface area contributed by atoms with Gasteiger partial charge in [-0.3, -0.25) is 0 Å². The van der Waals surface area contributed by atoms with Crippen LogP contribution >= 0.6 is 0 Å². The van der Waals surface area contributed by atoms with Gasteiger partial charge in [-0.05, 0) is 12.1 Å². The predicted molar refractivity (Wildman–Crippen MR) is 85.4 cm³/mol. The summed E-state index contributed by atoms with van der Waals surface area (Å²) >= 11 is 0.986. The number of carbonyl (C=O) groups is 2. The van der Waals surface area contributed by atoms with Gasteiger partial charge < -0.3 is 5.11 Å². The molecule has 1 aromatic heterocycles. The summed E-state index contributed by atoms with van der Waals surface area (Å²) in [4.78, 5) is 25.2. The van der Waals surface area contributed by atoms with E-state index in [-0.39, 0.29) is 5.91 Å². The Hall–Kier alpha value is -1.95. The number of carboxylic acids is 1. The number of carboxylic acid groups (broad SMARTS) is 1. The first-order valence-electron chi connectivity index (χ1n) is 6.77. The van der Waals surface area contributed by atoms with Crippen LogP contribution in [0.2, 0.25) is 0 Å². The van der Waals surface area contributed by atoms with E-state index >= 15 is 0 Å². The van der Waals surface area contributed by atoms with E-state index in [9.17, 15) is 9.59 Å². The third-order valence-electron chi connectivity index (χ3n) is 2.48. The number of pyridine rings is 1. The minimum absolute atomic E-state index is 0.0427. The van der Waals surface area contributed by atoms with Crippen molar-refractivity contribution in [2.24, 2.45) is 0 Å². The van der Waals surface area contributed by atoms with Crippen LogP contribution in [0.4, 0.5) is 0 Å². The minimum Gasteiger partial charge on any atom is -0.478 e. The Balaban J connectivity index is 0.000000235. The maximum absolute atomic E-state index is 11.0. The van der Waals surface area contributed by atoms with Crippen molar-refractivity contribution in [2.45, 2.75) is 0 Å². The molecule has 0 unspecified atom stereocenters. The molecule has 2 rings (SSSR count). The average Bonchev–Trinajstić information content (AvgIpc) is 2.56. The van der Waals surface area contributed by atoms with Crippen molar-refractivity contribution in [1.29, 1.82) is 0 Å². The number of benzene rings is 1. The first kappa shape index (κ1) is 18.1. The number of nitrogens with one attached hydrogen (secondary N) is 1. The first-order valence-corrected chi connectivity index (χ1v) is 8.19. The number of aromatic nitrogens is 1. The molecule has 0 bridgehead atoms. The Kier molecular flexibility index (Phi) is 8.83. The summed E-state index contributed by atoms with van der Waals surface area (Å²) in [6.07, 6.45) is 6.69. The molecule has 0 aliphatic rings. The van der Waals surface area contributed by atoms with Crippen molar-refractivity contribution in [2.75, 3.05) is 3.79 Å². The van der Waals surface area contributed by atoms with Gasteiger partial charge in [0.2, 0.25) is 0 Å². The van der Waals surface area contributed by atoms with Crippen LogP contribution in [0.25, 0.3) is 6.08 Å². The zero-order valence-electron chi connectivity index (χ0n) is 12.3. The molecule has 0 saturated heterocycles. The summed E-state index contributed by atoms with van der Waals surface area (Å²) in [5, 5.41) is 11.1. The Morgan fingerprint density at radius 2 is 1.91 bits per heavy atom. The smallest absolute Gasteiger partial charge is 0.335 e. The third-order valence-corrected chi connectivity index (χ3v) is 2.84. The predicted octanol–water partition coefficient (Wildman–Crippen LogP) is 1.72. The number of hydrogen-bond donors (Lipinski definition) is 2. The third kappa shape index (κ3) is 7.73. The molecule has 0 atom stereocenters. The van der Waals surface area contributed by atoms with Crippen LogP contribution in [0.15, 0.2) is 60.9 Å². The first-order chi connectivity index (χ1) is 10.6. The van der Waals surface area contributed by atoms with Gasteiger partial charge in [0.25, 0.3) is 0 Å². The van der Waals surface area contributed by atoms with Gasteiger partial charge in [0, 0.05) is 0 Å². The van der Waals surface area contributed by atoms with Crippen LogP contribution in [0.3, 0.4) is 0 Å². The second kappa shape index (κ2) is 10.7. The van der Waals surface area contributed by atoms with Gasteiger partial charge in [-0.2, -0.15) is 0 Å². The molecular formula is C16H15N2NaO3. The van der Waals surface area contributed by atoms with Crippen LogP contribution in [-0.2, 0) is 4.79 Å². The fourth-order valence-corrected chi connectivity index (χ4v) is 1.81. The van der Waals surface area contributed by atoms with Crippen LogP contribution in [-0.4, -0.2) is 53.7 Å². The molecule has 108 valence electrons. The van der Waals surface area contributed by atoms with Crippen molar-refractivity contribution in [3.63, 3.8) is 0 Å². The summed E-state index contributed by atoms with van der Waals surface area (Å²) in [7, 11) is 0. The zero-order valence-corrected chi connectivity index (χ0v) is 14.3. The van der Waals surface area contributed by atoms with Gasteiger partial charge >= 0.3 is 101 Å². The molecular weight excluding hydrogens is 291 g/mol. The summed E-state index contributed by atoms with van der Waals surface area (Å²) in [6.45, 7) is 0. The second-order valence-electron chi connectivity index (χ2n) is 4.19. The topological polar surface area (TPSA) is 79.3 Å². The molecule has 2 aromatic rings. The van der Waals surface area contributed by atoms with Gasteiger partial charge in [0.1, 0.15) is 0 Å². The maximum Gasteiger partial charge on any atom is 0.335 e. The molecule has 0 fully saturated rings. The van der Waals surface area contributed by atoms with E-state index < -0.39 is 5.97 Å². The van der Waals surface area contributed by atoms with Crippen molar-refractivity contribution in [3.05, 3.63) is 72.1 Å². The molecule has 0 aliphatic carbocycles. The summed E-state index contributed by atoms with van der Waals surface area (Å²) in [5.41, 5.74) is 1.27. The van der Waals surface area contributed by atoms with Gasteiger partial charge in [-0.1, -0.05) is 18.2 Å². The van der Waals surface area contributed by atoms with Crippen LogP contribution in [0.1, 0.15) is 15.9 Å². The Labute approximate surface area is 146 Å². The molecule has 6 heteroatoms. The quantitative estimate of drug-likeness (QED) is 0.666. The molecule has 1 aromatic carbocycles. The van der Waals surface area contributed by atoms with Gasteiger partial charge in [-0.25, -0.2) is 4.79 Å². The van der Waals surface area contributed by atoms with E-state index in [0.29, 0.717) is 5.56 Å². The van der Waals surface area contributed by atoms with Crippen molar-refractivity contribution in [3.8, 4) is 0 Å². The summed E-state index contributed by atoms with van der Waals surface area (Å²) in [6, 6.07) is 12.0. The van der Waals surface area contributed by atoms with Gasteiger partial charge in [0.15, 0.2) is 0 Å². The van der Waals surface area contributed by atoms with E-state index in [1.165, 1.54) is 6.08 Å². The van der Waals surface area contributed by atoms with Crippen molar-refractivity contribution < 1.29 is 14.7 Å². The summed E-state index contributed by atoms with van der Waals surface area (Å²) < 4.78 is 0.788. The number of amides is 1. The van der Waals surface area contributed by atoms with E-state index in [4.69, 9.17) is 5.11 Å². The second-order valence-corrected chi connectivity index (χ2v) is 4.89. The van der Waals surface area contributed by atoms with Crippen molar-refractivity contribution >= 4 is 45.9 Å². The number of carbonyl (C=O) groups excluding carboxylic acids is 1. The molecule has 1 heterocycles. The fraction of sp³-hybridized carbons (Fsp3) is 0.0625. The molecule has 0 saturated carbocycles. The largest absolute Gasteiger partial charge is 0.478 e. The van der Waals surface area contributed by atoms with E-state index in [2.05, 4.69) is 10.3 Å². The monoisotopic (exact) mass is 306 g/mol. The molecule has 0 radical (unpaired) electrons. The van der Waals surface area contributed by atoms with E-state index in [0.717, 1.165) is 37.3 Å². The van der Waals surface area contributed by atoms with Gasteiger partial charge in [0.05, 0.1) is 5.56 Å². The number of nitrogens with zero attached hydrogens (tertiary/aromatic N) is 1. The van der Waals surface area contributed by atoms with Gasteiger partial charge in [-0.15, -0.1) is 0 Å². The van der Waals surface area contributed by atoms with Crippen LogP contribution < -0.4 is 5.32 Å². The Morgan fingerprint density at radius 1 is 1.18 bits per heavy atom. The molecule has 22 heavy (non-hydrogen) atoms. The fourth-order valence-electron chi connectivity index (χ4n) is 1.46. The van der Waals surface area contributed by atoms with Crippen LogP contribution in [0, 0.1) is 0 Å². The van der Waals surface area contributed by atoms with Crippen molar-refractivity contribution in [1.82, 2.24) is 10.3 Å². The molecule has 0 spiro atoms. The normalized spacial score (nSPS) is 9.73. The summed E-state index contributed by atoms with van der Waals surface area (Å²) in [5.74, 6) is -0.922. The zero-order chi connectivity index (χ0) is 16.2. The van der Waals surface area contributed by atoms with E-state index in [1.807, 2.05) is 12.1 Å². The number of aromatic carboxylic acids is 1. The Morgan fingerprint density at radius 3 is 2.41 bits per heavy atom. The number of rotatable bonds is 4. The molecule has 0 aliphatic heterocycles. The molecule has 1 amide bonds. The molecule has 5 nitrogen and oxygen atoms in total. The van der Waals surface area contributed by atoms with E-state index in [1.54, 1.807) is 48.8 Å². The maximum atomic E-state index is 11.0. The standard InChI is InChI=1S/C9H9N2O.C7H6O2.Na/c1-10-9(12)5-4-8-3-2-6-11-7-8;8-7(9)6-4-2-1-3-5-6;/h2-7H,1H2,(H,10,12);1-5H,(H,8,9);/b5-4+;;. The molecule has 2 N–H and O–H groups in total.